The number of hydrogen-bond donors (Lipinski definition) is 6. The van der Waals surface area contributed by atoms with Crippen molar-refractivity contribution in [1.29, 1.82) is 0 Å². The van der Waals surface area contributed by atoms with Crippen molar-refractivity contribution in [3.05, 3.63) is 29.8 Å². The maximum atomic E-state index is 12.2. The van der Waals surface area contributed by atoms with Crippen LogP contribution < -0.4 is 26.8 Å². The molecule has 0 spiro atoms. The highest BCUT2D eigenvalue weighted by Gasteiger charge is 2.23. The molecule has 0 aromatic heterocycles. The molecule has 0 fully saturated rings. The Morgan fingerprint density at radius 3 is 2.27 bits per heavy atom. The summed E-state index contributed by atoms with van der Waals surface area (Å²) in [5, 5.41) is 14.4. The number of carbonyl (C=O) groups excluding carboxylic acids is 2. The van der Waals surface area contributed by atoms with Gasteiger partial charge in [0.05, 0.1) is 24.6 Å². The molecule has 0 saturated heterocycles. The highest BCUT2D eigenvalue weighted by molar-refractivity contribution is 7.89. The van der Waals surface area contributed by atoms with E-state index in [1.54, 1.807) is 24.3 Å². The molecule has 11 nitrogen and oxygen atoms in total. The number of benzene rings is 1. The molecule has 0 bridgehead atoms. The van der Waals surface area contributed by atoms with E-state index >= 15 is 0 Å². The van der Waals surface area contributed by atoms with E-state index in [1.807, 2.05) is 0 Å². The number of rotatable bonds is 16. The van der Waals surface area contributed by atoms with E-state index in [9.17, 15) is 23.1 Å². The quantitative estimate of drug-likeness (QED) is 0.108. The first kappa shape index (κ1) is 28.3. The molecule has 8 N–H and O–H groups in total. The summed E-state index contributed by atoms with van der Waals surface area (Å²) in [6, 6.07) is 5.49. The molecule has 12 heteroatoms. The second kappa shape index (κ2) is 15.2. The van der Waals surface area contributed by atoms with Gasteiger partial charge in [-0.1, -0.05) is 51.2 Å². The normalized spacial score (nSPS) is 12.1. The van der Waals surface area contributed by atoms with Crippen LogP contribution in [0.3, 0.4) is 0 Å². The molecule has 0 saturated carbocycles. The van der Waals surface area contributed by atoms with Gasteiger partial charge in [-0.05, 0) is 24.1 Å². The van der Waals surface area contributed by atoms with E-state index in [-0.39, 0.29) is 24.8 Å². The van der Waals surface area contributed by atoms with Gasteiger partial charge in [0.15, 0.2) is 5.96 Å². The first-order valence-corrected chi connectivity index (χ1v) is 12.7. The average Bonchev–Trinajstić information content (AvgIpc) is 2.77. The molecule has 0 aliphatic carbocycles. The number of nitrogens with one attached hydrogen (secondary N) is 3. The first-order chi connectivity index (χ1) is 15.7. The van der Waals surface area contributed by atoms with Gasteiger partial charge >= 0.3 is 0 Å². The lowest BCUT2D eigenvalue weighted by atomic mass is 10.1. The second-order valence-corrected chi connectivity index (χ2v) is 9.51. The van der Waals surface area contributed by atoms with E-state index < -0.39 is 34.5 Å². The van der Waals surface area contributed by atoms with E-state index in [4.69, 9.17) is 11.5 Å². The van der Waals surface area contributed by atoms with Crippen molar-refractivity contribution >= 4 is 33.5 Å². The summed E-state index contributed by atoms with van der Waals surface area (Å²) >= 11 is 0. The zero-order valence-corrected chi connectivity index (χ0v) is 19.9. The van der Waals surface area contributed by atoms with Gasteiger partial charge in [-0.2, -0.15) is 0 Å². The second-order valence-electron chi connectivity index (χ2n) is 7.64. The molecular formula is C21H36N6O5S. The topological polar surface area (TPSA) is 189 Å². The lowest BCUT2D eigenvalue weighted by molar-refractivity contribution is -0.127. The van der Waals surface area contributed by atoms with Crippen LogP contribution >= 0.6 is 0 Å². The minimum Gasteiger partial charge on any atom is -0.394 e. The number of aliphatic hydroxyl groups is 1. The fourth-order valence-corrected chi connectivity index (χ4v) is 4.23. The lowest BCUT2D eigenvalue weighted by Gasteiger charge is -2.16. The highest BCUT2D eigenvalue weighted by Crippen LogP contribution is 2.12. The SMILES string of the molecule is CCCCCCCCS(=O)(=O)NC(CO)C(=O)NCC(=O)NCc1ccc(N=C(N)N)cc1. The van der Waals surface area contributed by atoms with Gasteiger partial charge < -0.3 is 27.2 Å². The largest absolute Gasteiger partial charge is 0.394 e. The van der Waals surface area contributed by atoms with Crippen LogP contribution in [-0.2, 0) is 26.2 Å². The van der Waals surface area contributed by atoms with Crippen LogP contribution in [0.5, 0.6) is 0 Å². The van der Waals surface area contributed by atoms with Crippen molar-refractivity contribution in [1.82, 2.24) is 15.4 Å². The summed E-state index contributed by atoms with van der Waals surface area (Å²) in [4.78, 5) is 28.1. The molecule has 0 heterocycles. The van der Waals surface area contributed by atoms with E-state index in [0.29, 0.717) is 12.1 Å². The Balaban J connectivity index is 2.39. The van der Waals surface area contributed by atoms with Crippen LogP contribution in [0.4, 0.5) is 5.69 Å². The predicted molar refractivity (Wildman–Crippen MR) is 128 cm³/mol. The highest BCUT2D eigenvalue weighted by atomic mass is 32.2. The number of nitrogens with zero attached hydrogens (tertiary/aromatic N) is 1. The summed E-state index contributed by atoms with van der Waals surface area (Å²) in [6.45, 7) is 1.24. The van der Waals surface area contributed by atoms with Crippen molar-refractivity contribution in [3.63, 3.8) is 0 Å². The number of amides is 2. The van der Waals surface area contributed by atoms with Gasteiger partial charge in [-0.25, -0.2) is 18.1 Å². The number of sulfonamides is 1. The van der Waals surface area contributed by atoms with Crippen molar-refractivity contribution in [3.8, 4) is 0 Å². The van der Waals surface area contributed by atoms with E-state index in [2.05, 4.69) is 27.3 Å². The summed E-state index contributed by atoms with van der Waals surface area (Å²) in [5.41, 5.74) is 12.0. The summed E-state index contributed by atoms with van der Waals surface area (Å²) in [6.07, 6.45) is 5.53. The summed E-state index contributed by atoms with van der Waals surface area (Å²) in [7, 11) is -3.72. The fourth-order valence-electron chi connectivity index (χ4n) is 2.91. The number of nitrogens with two attached hydrogens (primary N) is 2. The molecule has 1 aromatic rings. The van der Waals surface area contributed by atoms with Gasteiger partial charge in [0.25, 0.3) is 0 Å². The molecule has 1 atom stereocenters. The van der Waals surface area contributed by atoms with Crippen molar-refractivity contribution < 1.29 is 23.1 Å². The predicted octanol–water partition coefficient (Wildman–Crippen LogP) is -0.0353. The zero-order chi connectivity index (χ0) is 24.7. The molecule has 1 unspecified atom stereocenters. The Morgan fingerprint density at radius 1 is 1.03 bits per heavy atom. The Morgan fingerprint density at radius 2 is 1.67 bits per heavy atom. The third kappa shape index (κ3) is 12.8. The van der Waals surface area contributed by atoms with Crippen LogP contribution in [0, 0.1) is 0 Å². The molecule has 2 amide bonds. The van der Waals surface area contributed by atoms with Gasteiger partial charge in [0.2, 0.25) is 21.8 Å². The zero-order valence-electron chi connectivity index (χ0n) is 19.0. The average molecular weight is 485 g/mol. The van der Waals surface area contributed by atoms with E-state index in [0.717, 1.165) is 37.7 Å². The third-order valence-electron chi connectivity index (χ3n) is 4.69. The third-order valence-corrected chi connectivity index (χ3v) is 6.16. The number of aliphatic hydroxyl groups excluding tert-OH is 1. The molecule has 1 rings (SSSR count). The number of unbranched alkanes of at least 4 members (excludes halogenated alkanes) is 5. The molecule has 33 heavy (non-hydrogen) atoms. The maximum Gasteiger partial charge on any atom is 0.240 e. The van der Waals surface area contributed by atoms with E-state index in [1.165, 1.54) is 0 Å². The van der Waals surface area contributed by atoms with Gasteiger partial charge in [0.1, 0.15) is 6.04 Å². The number of hydrogen-bond acceptors (Lipinski definition) is 6. The lowest BCUT2D eigenvalue weighted by Crippen LogP contribution is -2.51. The molecule has 186 valence electrons. The summed E-state index contributed by atoms with van der Waals surface area (Å²) in [5.74, 6) is -1.42. The van der Waals surface area contributed by atoms with Gasteiger partial charge in [-0.3, -0.25) is 9.59 Å². The fraction of sp³-hybridized carbons (Fsp3) is 0.571. The first-order valence-electron chi connectivity index (χ1n) is 11.0. The standard InChI is InChI=1S/C21H36N6O5S/c1-2-3-4-5-6-7-12-33(31,32)27-18(15-28)20(30)25-14-19(29)24-13-16-8-10-17(11-9-16)26-21(22)23/h8-11,18,27-28H,2-7,12-15H2,1H3,(H,24,29)(H,25,30)(H4,22,23,26). The Labute approximate surface area is 195 Å². The molecule has 0 aliphatic heterocycles. The maximum absolute atomic E-state index is 12.2. The van der Waals surface area contributed by atoms with Crippen molar-refractivity contribution in [2.75, 3.05) is 18.9 Å². The van der Waals surface area contributed by atoms with Gasteiger partial charge in [0, 0.05) is 6.54 Å². The monoisotopic (exact) mass is 484 g/mol. The van der Waals surface area contributed by atoms with Crippen molar-refractivity contribution in [2.45, 2.75) is 58.0 Å². The van der Waals surface area contributed by atoms with Crippen LogP contribution in [0.2, 0.25) is 0 Å². The Kier molecular flexibility index (Phi) is 13.0. The Bertz CT molecular complexity index is 870. The van der Waals surface area contributed by atoms with Crippen LogP contribution in [0.15, 0.2) is 29.3 Å². The molecule has 0 aliphatic rings. The Hall–Kier alpha value is -2.70. The molecule has 0 radical (unpaired) electrons. The molecule has 1 aromatic carbocycles. The molecular weight excluding hydrogens is 448 g/mol. The van der Waals surface area contributed by atoms with Crippen LogP contribution in [-0.4, -0.2) is 56.2 Å². The number of aliphatic imine (C=N–C) groups is 1. The van der Waals surface area contributed by atoms with Crippen LogP contribution in [0.1, 0.15) is 51.0 Å². The van der Waals surface area contributed by atoms with Gasteiger partial charge in [-0.15, -0.1) is 0 Å². The number of guanidine groups is 1. The van der Waals surface area contributed by atoms with Crippen molar-refractivity contribution in [2.24, 2.45) is 16.5 Å². The number of carbonyl (C=O) groups is 2. The minimum atomic E-state index is -3.72. The minimum absolute atomic E-state index is 0.0577. The van der Waals surface area contributed by atoms with Crippen LogP contribution in [0.25, 0.3) is 0 Å². The summed E-state index contributed by atoms with van der Waals surface area (Å²) < 4.78 is 26.5. The smallest absolute Gasteiger partial charge is 0.240 e.